The number of rotatable bonds is 28. The lowest BCUT2D eigenvalue weighted by Gasteiger charge is -2.04. The molecule has 48 heavy (non-hydrogen) atoms. The summed E-state index contributed by atoms with van der Waals surface area (Å²) < 4.78 is 2.47. The van der Waals surface area contributed by atoms with Gasteiger partial charge in [-0.2, -0.15) is 4.98 Å². The Hall–Kier alpha value is -2.97. The van der Waals surface area contributed by atoms with Crippen molar-refractivity contribution >= 4 is 23.0 Å². The molecule has 0 atom stereocenters. The molecule has 9 nitrogen and oxygen atoms in total. The SMILES string of the molecule is CCCCCCCCCCCCCCCCCC(=O)n1c2ncnc3c(ncn3C(=O)CCCCCCCCCCCCC)c-2nc1=O. The lowest BCUT2D eigenvalue weighted by Crippen LogP contribution is -2.24. The summed E-state index contributed by atoms with van der Waals surface area (Å²) in [5.41, 5.74) is 0.173. The molecule has 3 heterocycles. The molecule has 0 aromatic carbocycles. The van der Waals surface area contributed by atoms with Crippen LogP contribution in [0.15, 0.2) is 17.4 Å². The van der Waals surface area contributed by atoms with Crippen molar-refractivity contribution in [2.24, 2.45) is 0 Å². The van der Waals surface area contributed by atoms with Crippen LogP contribution in [0.25, 0.3) is 22.7 Å². The second kappa shape index (κ2) is 24.2. The highest BCUT2D eigenvalue weighted by Crippen LogP contribution is 2.24. The molecular weight excluding hydrogens is 600 g/mol. The van der Waals surface area contributed by atoms with Crippen molar-refractivity contribution in [3.63, 3.8) is 0 Å². The summed E-state index contributed by atoms with van der Waals surface area (Å²) >= 11 is 0. The Labute approximate surface area is 289 Å². The number of carbonyl (C=O) groups is 2. The van der Waals surface area contributed by atoms with Gasteiger partial charge in [0.25, 0.3) is 0 Å². The van der Waals surface area contributed by atoms with Crippen molar-refractivity contribution in [2.75, 3.05) is 0 Å². The summed E-state index contributed by atoms with van der Waals surface area (Å²) in [6, 6.07) is 0. The minimum Gasteiger partial charge on any atom is -0.274 e. The molecule has 0 fully saturated rings. The maximum atomic E-state index is 13.1. The van der Waals surface area contributed by atoms with E-state index in [1.165, 1.54) is 146 Å². The fourth-order valence-corrected chi connectivity index (χ4v) is 6.67. The fourth-order valence-electron chi connectivity index (χ4n) is 6.67. The van der Waals surface area contributed by atoms with Gasteiger partial charge in [-0.05, 0) is 12.8 Å². The third-order valence-corrected chi connectivity index (χ3v) is 9.66. The number of fused-ring (bicyclic) bond motifs is 3. The average Bonchev–Trinajstić information content (AvgIpc) is 3.60. The number of nitrogens with zero attached hydrogens (tertiary/aromatic N) is 6. The van der Waals surface area contributed by atoms with E-state index >= 15 is 0 Å². The van der Waals surface area contributed by atoms with Crippen molar-refractivity contribution in [2.45, 2.75) is 194 Å². The zero-order valence-electron chi connectivity index (χ0n) is 30.4. The third kappa shape index (κ3) is 13.9. The van der Waals surface area contributed by atoms with Crippen LogP contribution in [-0.4, -0.2) is 40.9 Å². The minimum atomic E-state index is -0.655. The molecule has 0 saturated carbocycles. The normalized spacial score (nSPS) is 11.6. The maximum absolute atomic E-state index is 13.1. The Morgan fingerprint density at radius 2 is 0.958 bits per heavy atom. The van der Waals surface area contributed by atoms with Gasteiger partial charge in [0.05, 0.1) is 0 Å². The molecule has 0 saturated heterocycles. The summed E-state index contributed by atoms with van der Waals surface area (Å²) in [7, 11) is 0. The van der Waals surface area contributed by atoms with Gasteiger partial charge in [0.15, 0.2) is 11.5 Å². The molecule has 9 heteroatoms. The molecular formula is C39H64N6O3. The Morgan fingerprint density at radius 3 is 1.42 bits per heavy atom. The zero-order chi connectivity index (χ0) is 34.2. The third-order valence-electron chi connectivity index (χ3n) is 9.66. The van der Waals surface area contributed by atoms with Gasteiger partial charge in [-0.15, -0.1) is 0 Å². The maximum Gasteiger partial charge on any atom is 0.356 e. The highest BCUT2D eigenvalue weighted by atomic mass is 16.2. The topological polar surface area (TPSA) is 113 Å². The molecule has 1 aromatic heterocycles. The quantitative estimate of drug-likeness (QED) is 0.0710. The predicted octanol–water partition coefficient (Wildman–Crippen LogP) is 10.7. The van der Waals surface area contributed by atoms with Crippen LogP contribution < -0.4 is 5.69 Å². The molecule has 0 aliphatic carbocycles. The standard InChI is InChI=1S/C39H64N6O3/c1-3-5-7-9-11-13-15-16-17-18-20-22-24-26-28-30-34(47)45-38-36(43-39(45)48)35-37(40-31-41-38)44(32-42-35)33(46)29-27-25-23-21-19-14-12-10-8-6-4-2/h31-32H,3-30H2,1-2H3. The Kier molecular flexibility index (Phi) is 19.9. The van der Waals surface area contributed by atoms with Crippen LogP contribution in [-0.2, 0) is 0 Å². The number of unbranched alkanes of at least 4 members (excludes halogenated alkanes) is 24. The number of aromatic nitrogens is 6. The molecule has 2 aliphatic heterocycles. The van der Waals surface area contributed by atoms with E-state index < -0.39 is 5.69 Å². The number of hydrogen-bond acceptors (Lipinski definition) is 7. The Balaban J connectivity index is 1.35. The first-order chi connectivity index (χ1) is 23.6. The first-order valence-corrected chi connectivity index (χ1v) is 19.8. The highest BCUT2D eigenvalue weighted by molar-refractivity contribution is 5.94. The fraction of sp³-hybridized carbons (Fsp3) is 0.769. The highest BCUT2D eigenvalue weighted by Gasteiger charge is 2.25. The van der Waals surface area contributed by atoms with Crippen LogP contribution >= 0.6 is 0 Å². The molecule has 0 radical (unpaired) electrons. The molecule has 0 spiro atoms. The second-order valence-electron chi connectivity index (χ2n) is 13.8. The minimum absolute atomic E-state index is 0.0914. The smallest absolute Gasteiger partial charge is 0.274 e. The van der Waals surface area contributed by atoms with E-state index in [2.05, 4.69) is 33.8 Å². The van der Waals surface area contributed by atoms with E-state index in [1.807, 2.05) is 0 Å². The van der Waals surface area contributed by atoms with Gasteiger partial charge < -0.3 is 0 Å². The van der Waals surface area contributed by atoms with Crippen molar-refractivity contribution in [1.82, 2.24) is 29.1 Å². The van der Waals surface area contributed by atoms with Crippen molar-refractivity contribution in [3.8, 4) is 11.5 Å². The van der Waals surface area contributed by atoms with Gasteiger partial charge >= 0.3 is 5.69 Å². The lowest BCUT2D eigenvalue weighted by molar-refractivity contribution is 0.0890. The summed E-state index contributed by atoms with van der Waals surface area (Å²) in [6.45, 7) is 4.51. The molecule has 3 rings (SSSR count). The van der Waals surface area contributed by atoms with Gasteiger partial charge in [-0.1, -0.05) is 168 Å². The zero-order valence-corrected chi connectivity index (χ0v) is 30.4. The van der Waals surface area contributed by atoms with Crippen molar-refractivity contribution in [3.05, 3.63) is 23.1 Å². The van der Waals surface area contributed by atoms with E-state index in [0.717, 1.165) is 43.1 Å². The average molecular weight is 665 g/mol. The van der Waals surface area contributed by atoms with E-state index in [9.17, 15) is 14.4 Å². The van der Waals surface area contributed by atoms with Gasteiger partial charge in [0, 0.05) is 12.8 Å². The van der Waals surface area contributed by atoms with E-state index in [1.54, 1.807) is 0 Å². The molecule has 0 unspecified atom stereocenters. The van der Waals surface area contributed by atoms with Crippen LogP contribution in [0.1, 0.15) is 203 Å². The van der Waals surface area contributed by atoms with Gasteiger partial charge in [-0.3, -0.25) is 14.2 Å². The van der Waals surface area contributed by atoms with E-state index in [-0.39, 0.29) is 29.8 Å². The number of imidazole rings is 2. The Bertz CT molecular complexity index is 1350. The summed E-state index contributed by atoms with van der Waals surface area (Å²) in [4.78, 5) is 56.1. The van der Waals surface area contributed by atoms with Crippen molar-refractivity contribution in [1.29, 1.82) is 0 Å². The van der Waals surface area contributed by atoms with Crippen LogP contribution in [0.2, 0.25) is 0 Å². The molecule has 2 aliphatic rings. The first-order valence-electron chi connectivity index (χ1n) is 19.8. The van der Waals surface area contributed by atoms with E-state index in [4.69, 9.17) is 0 Å². The molecule has 268 valence electrons. The summed E-state index contributed by atoms with van der Waals surface area (Å²) in [6.07, 6.45) is 35.6. The molecule has 0 amide bonds. The summed E-state index contributed by atoms with van der Waals surface area (Å²) in [5, 5.41) is 0. The van der Waals surface area contributed by atoms with Crippen LogP contribution in [0.4, 0.5) is 0 Å². The van der Waals surface area contributed by atoms with Crippen LogP contribution in [0, 0.1) is 0 Å². The second-order valence-corrected chi connectivity index (χ2v) is 13.8. The number of carbonyl (C=O) groups excluding carboxylic acids is 2. The lowest BCUT2D eigenvalue weighted by atomic mass is 10.0. The monoisotopic (exact) mass is 665 g/mol. The van der Waals surface area contributed by atoms with Crippen LogP contribution in [0.5, 0.6) is 0 Å². The van der Waals surface area contributed by atoms with E-state index in [0.29, 0.717) is 17.6 Å². The van der Waals surface area contributed by atoms with Gasteiger partial charge in [0.1, 0.15) is 23.9 Å². The Morgan fingerprint density at radius 1 is 0.542 bits per heavy atom. The molecule has 0 bridgehead atoms. The molecule has 0 N–H and O–H groups in total. The van der Waals surface area contributed by atoms with Crippen molar-refractivity contribution < 1.29 is 9.59 Å². The number of hydrogen-bond donors (Lipinski definition) is 0. The largest absolute Gasteiger partial charge is 0.356 e. The summed E-state index contributed by atoms with van der Waals surface area (Å²) in [5.74, 6) is -0.251. The first kappa shape index (κ1) is 39.5. The van der Waals surface area contributed by atoms with Crippen LogP contribution in [0.3, 0.4) is 0 Å². The van der Waals surface area contributed by atoms with Gasteiger partial charge in [0.2, 0.25) is 11.8 Å². The predicted molar refractivity (Wildman–Crippen MR) is 196 cm³/mol. The van der Waals surface area contributed by atoms with Gasteiger partial charge in [-0.25, -0.2) is 24.3 Å². The molecule has 1 aromatic rings.